The summed E-state index contributed by atoms with van der Waals surface area (Å²) in [5, 5.41) is 6.25. The molecule has 0 amide bonds. The summed E-state index contributed by atoms with van der Waals surface area (Å²) >= 11 is 0. The van der Waals surface area contributed by atoms with E-state index in [0.717, 1.165) is 24.2 Å². The van der Waals surface area contributed by atoms with Crippen LogP contribution in [0.25, 0.3) is 0 Å². The highest BCUT2D eigenvalue weighted by atomic mass is 16.5. The summed E-state index contributed by atoms with van der Waals surface area (Å²) in [6, 6.07) is -0.421. The average Bonchev–Trinajstić information content (AvgIpc) is 2.45. The van der Waals surface area contributed by atoms with E-state index in [2.05, 4.69) is 27.5 Å². The molecule has 1 atom stereocenters. The molecule has 2 N–H and O–H groups in total. The van der Waals surface area contributed by atoms with E-state index in [1.165, 1.54) is 13.4 Å². The maximum absolute atomic E-state index is 11.8. The Morgan fingerprint density at radius 2 is 2.00 bits per heavy atom. The van der Waals surface area contributed by atoms with Crippen LogP contribution < -0.4 is 10.6 Å². The fourth-order valence-corrected chi connectivity index (χ4v) is 2.01. The Morgan fingerprint density at radius 3 is 2.50 bits per heavy atom. The second-order valence-electron chi connectivity index (χ2n) is 4.94. The van der Waals surface area contributed by atoms with Crippen molar-refractivity contribution in [2.24, 2.45) is 5.92 Å². The number of hydrogen-bond acceptors (Lipinski definition) is 6. The lowest BCUT2D eigenvalue weighted by atomic mass is 10.0. The quantitative estimate of drug-likeness (QED) is 0.745. The van der Waals surface area contributed by atoms with Crippen molar-refractivity contribution >= 4 is 17.6 Å². The Hall–Kier alpha value is -1.85. The summed E-state index contributed by atoms with van der Waals surface area (Å²) in [7, 11) is 3.22. The van der Waals surface area contributed by atoms with E-state index in [1.54, 1.807) is 0 Å². The van der Waals surface area contributed by atoms with Gasteiger partial charge in [-0.2, -0.15) is 0 Å². The van der Waals surface area contributed by atoms with Crippen molar-refractivity contribution < 1.29 is 9.53 Å². The molecule has 1 aromatic rings. The van der Waals surface area contributed by atoms with Gasteiger partial charge in [-0.15, -0.1) is 0 Å². The molecule has 1 heterocycles. The summed E-state index contributed by atoms with van der Waals surface area (Å²) in [5.41, 5.74) is 0.993. The Bertz CT molecular complexity index is 449. The van der Waals surface area contributed by atoms with E-state index >= 15 is 0 Å². The SMILES string of the molecule is CCCc1c(NC)ncnc1NC(C(=O)OC)C(C)C. The van der Waals surface area contributed by atoms with E-state index in [9.17, 15) is 4.79 Å². The van der Waals surface area contributed by atoms with Crippen LogP contribution in [0.5, 0.6) is 0 Å². The predicted molar refractivity (Wildman–Crippen MR) is 79.8 cm³/mol. The molecule has 6 heteroatoms. The van der Waals surface area contributed by atoms with Crippen molar-refractivity contribution in [2.45, 2.75) is 39.7 Å². The highest BCUT2D eigenvalue weighted by Crippen LogP contribution is 2.23. The normalized spacial score (nSPS) is 12.1. The Labute approximate surface area is 120 Å². The van der Waals surface area contributed by atoms with Gasteiger partial charge in [0.2, 0.25) is 0 Å². The molecule has 0 saturated carbocycles. The fraction of sp³-hybridized carbons (Fsp3) is 0.643. The number of hydrogen-bond donors (Lipinski definition) is 2. The predicted octanol–water partition coefficient (Wildman–Crippen LogP) is 2.08. The van der Waals surface area contributed by atoms with Crippen LogP contribution in [-0.2, 0) is 16.0 Å². The summed E-state index contributed by atoms with van der Waals surface area (Å²) in [6.07, 6.45) is 3.30. The number of carbonyl (C=O) groups is 1. The van der Waals surface area contributed by atoms with Crippen molar-refractivity contribution in [3.63, 3.8) is 0 Å². The number of methoxy groups -OCH3 is 1. The highest BCUT2D eigenvalue weighted by Gasteiger charge is 2.24. The van der Waals surface area contributed by atoms with Crippen molar-refractivity contribution in [1.82, 2.24) is 9.97 Å². The zero-order valence-corrected chi connectivity index (χ0v) is 12.9. The number of rotatable bonds is 7. The third-order valence-electron chi connectivity index (χ3n) is 3.10. The zero-order chi connectivity index (χ0) is 15.1. The fourth-order valence-electron chi connectivity index (χ4n) is 2.01. The molecule has 0 radical (unpaired) electrons. The first kappa shape index (κ1) is 16.2. The van der Waals surface area contributed by atoms with Gasteiger partial charge in [-0.3, -0.25) is 0 Å². The standard InChI is InChI=1S/C14H24N4O2/c1-6-7-10-12(15-4)16-8-17-13(10)18-11(9(2)3)14(19)20-5/h8-9,11H,6-7H2,1-5H3,(H2,15,16,17,18). The van der Waals surface area contributed by atoms with Crippen LogP contribution >= 0.6 is 0 Å². The van der Waals surface area contributed by atoms with E-state index < -0.39 is 6.04 Å². The third kappa shape index (κ3) is 3.82. The topological polar surface area (TPSA) is 76.1 Å². The Kier molecular flexibility index (Phi) is 6.21. The lowest BCUT2D eigenvalue weighted by Crippen LogP contribution is -2.36. The molecule has 0 aromatic carbocycles. The monoisotopic (exact) mass is 280 g/mol. The number of nitrogens with zero attached hydrogens (tertiary/aromatic N) is 2. The van der Waals surface area contributed by atoms with Gasteiger partial charge in [0, 0.05) is 12.6 Å². The molecular weight excluding hydrogens is 256 g/mol. The molecule has 0 aliphatic carbocycles. The van der Waals surface area contributed by atoms with Crippen LogP contribution in [-0.4, -0.2) is 36.1 Å². The van der Waals surface area contributed by atoms with Gasteiger partial charge in [0.1, 0.15) is 24.0 Å². The van der Waals surface area contributed by atoms with E-state index in [4.69, 9.17) is 4.74 Å². The van der Waals surface area contributed by atoms with Crippen molar-refractivity contribution in [1.29, 1.82) is 0 Å². The minimum atomic E-state index is -0.421. The molecule has 112 valence electrons. The minimum Gasteiger partial charge on any atom is -0.467 e. The first-order valence-corrected chi connectivity index (χ1v) is 6.91. The van der Waals surface area contributed by atoms with Gasteiger partial charge in [0.05, 0.1) is 7.11 Å². The van der Waals surface area contributed by atoms with Gasteiger partial charge < -0.3 is 15.4 Å². The Balaban J connectivity index is 3.08. The summed E-state index contributed by atoms with van der Waals surface area (Å²) in [4.78, 5) is 20.3. The number of nitrogens with one attached hydrogen (secondary N) is 2. The lowest BCUT2D eigenvalue weighted by molar-refractivity contribution is -0.142. The highest BCUT2D eigenvalue weighted by molar-refractivity contribution is 5.79. The summed E-state index contributed by atoms with van der Waals surface area (Å²) < 4.78 is 4.84. The molecule has 0 fully saturated rings. The first-order chi connectivity index (χ1) is 9.54. The maximum Gasteiger partial charge on any atom is 0.328 e. The molecule has 0 bridgehead atoms. The largest absolute Gasteiger partial charge is 0.467 e. The molecule has 0 saturated heterocycles. The van der Waals surface area contributed by atoms with Crippen molar-refractivity contribution in [2.75, 3.05) is 24.8 Å². The molecule has 1 aromatic heterocycles. The second kappa shape index (κ2) is 7.67. The van der Waals surface area contributed by atoms with E-state index in [-0.39, 0.29) is 11.9 Å². The number of aromatic nitrogens is 2. The van der Waals surface area contributed by atoms with Gasteiger partial charge >= 0.3 is 5.97 Å². The number of anilines is 2. The third-order valence-corrected chi connectivity index (χ3v) is 3.10. The second-order valence-corrected chi connectivity index (χ2v) is 4.94. The number of carbonyl (C=O) groups excluding carboxylic acids is 1. The summed E-state index contributed by atoms with van der Waals surface area (Å²) in [6.45, 7) is 6.03. The van der Waals surface area contributed by atoms with Crippen molar-refractivity contribution in [3.05, 3.63) is 11.9 Å². The van der Waals surface area contributed by atoms with Crippen LogP contribution in [0.15, 0.2) is 6.33 Å². The zero-order valence-electron chi connectivity index (χ0n) is 12.9. The van der Waals surface area contributed by atoms with Crippen LogP contribution in [0, 0.1) is 5.92 Å². The van der Waals surface area contributed by atoms with Gasteiger partial charge in [0.15, 0.2) is 0 Å². The van der Waals surface area contributed by atoms with Crippen molar-refractivity contribution in [3.8, 4) is 0 Å². The van der Waals surface area contributed by atoms with Crippen LogP contribution in [0.1, 0.15) is 32.8 Å². The molecule has 20 heavy (non-hydrogen) atoms. The molecule has 6 nitrogen and oxygen atoms in total. The van der Waals surface area contributed by atoms with Gasteiger partial charge in [-0.25, -0.2) is 14.8 Å². The minimum absolute atomic E-state index is 0.102. The Morgan fingerprint density at radius 1 is 1.35 bits per heavy atom. The lowest BCUT2D eigenvalue weighted by Gasteiger charge is -2.22. The smallest absolute Gasteiger partial charge is 0.328 e. The average molecular weight is 280 g/mol. The van der Waals surface area contributed by atoms with Gasteiger partial charge in [-0.05, 0) is 12.3 Å². The number of ether oxygens (including phenoxy) is 1. The molecule has 1 unspecified atom stereocenters. The van der Waals surface area contributed by atoms with Crippen LogP contribution in [0.4, 0.5) is 11.6 Å². The maximum atomic E-state index is 11.8. The molecule has 0 spiro atoms. The first-order valence-electron chi connectivity index (χ1n) is 6.91. The van der Waals surface area contributed by atoms with E-state index in [1.807, 2.05) is 20.9 Å². The molecule has 1 rings (SSSR count). The number of esters is 1. The molecule has 0 aliphatic rings. The van der Waals surface area contributed by atoms with Gasteiger partial charge in [0.25, 0.3) is 0 Å². The summed E-state index contributed by atoms with van der Waals surface area (Å²) in [5.74, 6) is 1.30. The van der Waals surface area contributed by atoms with Crippen LogP contribution in [0.2, 0.25) is 0 Å². The van der Waals surface area contributed by atoms with Gasteiger partial charge in [-0.1, -0.05) is 27.2 Å². The molecule has 0 aliphatic heterocycles. The van der Waals surface area contributed by atoms with Crippen LogP contribution in [0.3, 0.4) is 0 Å². The molecular formula is C14H24N4O2. The van der Waals surface area contributed by atoms with E-state index in [0.29, 0.717) is 5.82 Å².